The standard InChI is InChI=1S/C18H23N3O2S/c1-21(10-14-7-8-23-12-14)11-16-13-24-17(20-16)9-19-18(22)15-5-3-2-4-6-15/h2-6,13-14H,7-12H2,1H3,(H,19,22). The molecule has 0 saturated carbocycles. The van der Waals surface area contributed by atoms with E-state index in [4.69, 9.17) is 4.74 Å². The second-order valence-corrected chi connectivity index (χ2v) is 7.15. The number of hydrogen-bond donors (Lipinski definition) is 1. The Morgan fingerprint density at radius 3 is 3.00 bits per heavy atom. The summed E-state index contributed by atoms with van der Waals surface area (Å²) in [5, 5.41) is 5.93. The molecule has 1 unspecified atom stereocenters. The summed E-state index contributed by atoms with van der Waals surface area (Å²) >= 11 is 1.59. The van der Waals surface area contributed by atoms with Crippen molar-refractivity contribution in [1.82, 2.24) is 15.2 Å². The maximum Gasteiger partial charge on any atom is 0.251 e. The van der Waals surface area contributed by atoms with Crippen LogP contribution in [0.3, 0.4) is 0 Å². The third-order valence-corrected chi connectivity index (χ3v) is 4.96. The van der Waals surface area contributed by atoms with Crippen molar-refractivity contribution >= 4 is 17.2 Å². The summed E-state index contributed by atoms with van der Waals surface area (Å²) in [6.07, 6.45) is 1.15. The van der Waals surface area contributed by atoms with Crippen LogP contribution in [0.15, 0.2) is 35.7 Å². The van der Waals surface area contributed by atoms with Crippen LogP contribution >= 0.6 is 11.3 Å². The van der Waals surface area contributed by atoms with E-state index < -0.39 is 0 Å². The lowest BCUT2D eigenvalue weighted by Gasteiger charge is -2.18. The van der Waals surface area contributed by atoms with Crippen LogP contribution in [0.4, 0.5) is 0 Å². The maximum absolute atomic E-state index is 12.0. The molecule has 0 spiro atoms. The highest BCUT2D eigenvalue weighted by Gasteiger charge is 2.18. The zero-order chi connectivity index (χ0) is 16.8. The Bertz CT molecular complexity index is 653. The SMILES string of the molecule is CN(Cc1csc(CNC(=O)c2ccccc2)n1)CC1CCOC1. The van der Waals surface area contributed by atoms with E-state index in [0.29, 0.717) is 18.0 Å². The molecular weight excluding hydrogens is 322 g/mol. The normalized spacial score (nSPS) is 17.3. The van der Waals surface area contributed by atoms with Crippen LogP contribution in [-0.4, -0.2) is 42.6 Å². The number of nitrogens with zero attached hydrogens (tertiary/aromatic N) is 2. The molecule has 1 fully saturated rings. The predicted octanol–water partition coefficient (Wildman–Crippen LogP) is 2.54. The van der Waals surface area contributed by atoms with E-state index in [2.05, 4.69) is 27.6 Å². The van der Waals surface area contributed by atoms with Gasteiger partial charge in [0.2, 0.25) is 0 Å². The van der Waals surface area contributed by atoms with Crippen molar-refractivity contribution in [3.05, 3.63) is 52.0 Å². The molecule has 2 aromatic rings. The highest BCUT2D eigenvalue weighted by atomic mass is 32.1. The molecule has 0 aliphatic carbocycles. The summed E-state index contributed by atoms with van der Waals surface area (Å²) in [6, 6.07) is 9.25. The Morgan fingerprint density at radius 1 is 1.42 bits per heavy atom. The Kier molecular flexibility index (Phi) is 5.96. The van der Waals surface area contributed by atoms with E-state index in [1.165, 1.54) is 0 Å². The van der Waals surface area contributed by atoms with Gasteiger partial charge >= 0.3 is 0 Å². The first-order valence-electron chi connectivity index (χ1n) is 8.23. The number of benzene rings is 1. The van der Waals surface area contributed by atoms with E-state index in [-0.39, 0.29) is 5.91 Å². The van der Waals surface area contributed by atoms with E-state index in [0.717, 1.165) is 43.4 Å². The van der Waals surface area contributed by atoms with Crippen LogP contribution in [0, 0.1) is 5.92 Å². The number of nitrogens with one attached hydrogen (secondary N) is 1. The molecule has 0 radical (unpaired) electrons. The third-order valence-electron chi connectivity index (χ3n) is 4.06. The smallest absolute Gasteiger partial charge is 0.251 e. The van der Waals surface area contributed by atoms with Crippen molar-refractivity contribution in [2.75, 3.05) is 26.8 Å². The van der Waals surface area contributed by atoms with Gasteiger partial charge in [-0.2, -0.15) is 0 Å². The summed E-state index contributed by atoms with van der Waals surface area (Å²) < 4.78 is 5.42. The molecule has 128 valence electrons. The minimum Gasteiger partial charge on any atom is -0.381 e. The number of carbonyl (C=O) groups is 1. The lowest BCUT2D eigenvalue weighted by molar-refractivity contribution is 0.0951. The lowest BCUT2D eigenvalue weighted by Crippen LogP contribution is -2.26. The maximum atomic E-state index is 12.0. The topological polar surface area (TPSA) is 54.5 Å². The molecule has 1 aromatic carbocycles. The largest absolute Gasteiger partial charge is 0.381 e. The lowest BCUT2D eigenvalue weighted by atomic mass is 10.1. The van der Waals surface area contributed by atoms with Gasteiger partial charge in [0.25, 0.3) is 5.91 Å². The molecule has 0 bridgehead atoms. The summed E-state index contributed by atoms with van der Waals surface area (Å²) in [5.74, 6) is 0.573. The predicted molar refractivity (Wildman–Crippen MR) is 95.0 cm³/mol. The monoisotopic (exact) mass is 345 g/mol. The van der Waals surface area contributed by atoms with Crippen LogP contribution in [0.25, 0.3) is 0 Å². The minimum absolute atomic E-state index is 0.0642. The van der Waals surface area contributed by atoms with Gasteiger partial charge in [-0.05, 0) is 31.5 Å². The Hall–Kier alpha value is -1.76. The van der Waals surface area contributed by atoms with Gasteiger partial charge in [0.1, 0.15) is 5.01 Å². The van der Waals surface area contributed by atoms with Gasteiger partial charge < -0.3 is 15.0 Å². The summed E-state index contributed by atoms with van der Waals surface area (Å²) in [7, 11) is 2.12. The number of thiazole rings is 1. The minimum atomic E-state index is -0.0642. The zero-order valence-corrected chi connectivity index (χ0v) is 14.7. The molecule has 1 aliphatic heterocycles. The Labute approximate surface area is 146 Å². The zero-order valence-electron chi connectivity index (χ0n) is 13.9. The van der Waals surface area contributed by atoms with Crippen LogP contribution < -0.4 is 5.32 Å². The molecule has 5 nitrogen and oxygen atoms in total. The van der Waals surface area contributed by atoms with E-state index in [1.807, 2.05) is 30.3 Å². The van der Waals surface area contributed by atoms with Gasteiger partial charge in [-0.15, -0.1) is 11.3 Å². The van der Waals surface area contributed by atoms with Crippen molar-refractivity contribution in [3.63, 3.8) is 0 Å². The van der Waals surface area contributed by atoms with Crippen LogP contribution in [0.2, 0.25) is 0 Å². The molecule has 1 N–H and O–H groups in total. The summed E-state index contributed by atoms with van der Waals surface area (Å²) in [4.78, 5) is 19.0. The van der Waals surface area contributed by atoms with Gasteiger partial charge in [0, 0.05) is 30.6 Å². The molecule has 1 amide bonds. The van der Waals surface area contributed by atoms with Crippen molar-refractivity contribution in [1.29, 1.82) is 0 Å². The molecule has 6 heteroatoms. The first-order valence-corrected chi connectivity index (χ1v) is 9.11. The van der Waals surface area contributed by atoms with Gasteiger partial charge in [-0.1, -0.05) is 18.2 Å². The van der Waals surface area contributed by atoms with Crippen molar-refractivity contribution in [2.24, 2.45) is 5.92 Å². The van der Waals surface area contributed by atoms with Crippen molar-refractivity contribution < 1.29 is 9.53 Å². The average Bonchev–Trinajstić information content (AvgIpc) is 3.25. The molecule has 3 rings (SSSR count). The second-order valence-electron chi connectivity index (χ2n) is 6.21. The fourth-order valence-electron chi connectivity index (χ4n) is 2.86. The molecule has 1 saturated heterocycles. The summed E-state index contributed by atoms with van der Waals surface area (Å²) in [5.41, 5.74) is 1.73. The quantitative estimate of drug-likeness (QED) is 0.838. The number of amides is 1. The highest BCUT2D eigenvalue weighted by Crippen LogP contribution is 2.16. The molecule has 24 heavy (non-hydrogen) atoms. The fourth-order valence-corrected chi connectivity index (χ4v) is 3.58. The first-order chi connectivity index (χ1) is 11.7. The molecule has 1 aliphatic rings. The number of aromatic nitrogens is 1. The van der Waals surface area contributed by atoms with E-state index in [9.17, 15) is 4.79 Å². The van der Waals surface area contributed by atoms with Gasteiger partial charge in [-0.25, -0.2) is 4.98 Å². The molecule has 1 aromatic heterocycles. The van der Waals surface area contributed by atoms with E-state index in [1.54, 1.807) is 11.3 Å². The second kappa shape index (κ2) is 8.37. The highest BCUT2D eigenvalue weighted by molar-refractivity contribution is 7.09. The fraction of sp³-hybridized carbons (Fsp3) is 0.444. The van der Waals surface area contributed by atoms with Crippen molar-refractivity contribution in [3.8, 4) is 0 Å². The number of hydrogen-bond acceptors (Lipinski definition) is 5. The number of carbonyl (C=O) groups excluding carboxylic acids is 1. The van der Waals surface area contributed by atoms with Gasteiger partial charge in [-0.3, -0.25) is 4.79 Å². The van der Waals surface area contributed by atoms with Crippen molar-refractivity contribution in [2.45, 2.75) is 19.5 Å². The molecule has 1 atom stereocenters. The number of ether oxygens (including phenoxy) is 1. The molecule has 2 heterocycles. The third kappa shape index (κ3) is 4.87. The first kappa shape index (κ1) is 17.1. The molecular formula is C18H23N3O2S. The van der Waals surface area contributed by atoms with E-state index >= 15 is 0 Å². The van der Waals surface area contributed by atoms with Crippen LogP contribution in [0.1, 0.15) is 27.5 Å². The Morgan fingerprint density at radius 2 is 2.25 bits per heavy atom. The average molecular weight is 345 g/mol. The van der Waals surface area contributed by atoms with Crippen LogP contribution in [-0.2, 0) is 17.8 Å². The Balaban J connectivity index is 1.45. The van der Waals surface area contributed by atoms with Gasteiger partial charge in [0.05, 0.1) is 18.8 Å². The number of rotatable bonds is 7. The van der Waals surface area contributed by atoms with Crippen LogP contribution in [0.5, 0.6) is 0 Å². The van der Waals surface area contributed by atoms with Gasteiger partial charge in [0.15, 0.2) is 0 Å². The summed E-state index contributed by atoms with van der Waals surface area (Å²) in [6.45, 7) is 4.11.